The van der Waals surface area contributed by atoms with Crippen LogP contribution in [0, 0.1) is 0 Å². The Hall–Kier alpha value is -1.84. The Morgan fingerprint density at radius 2 is 2.22 bits per heavy atom. The molecule has 0 aromatic carbocycles. The lowest BCUT2D eigenvalue weighted by atomic mass is 9.95. The fourth-order valence-electron chi connectivity index (χ4n) is 2.20. The van der Waals surface area contributed by atoms with Gasteiger partial charge in [0.2, 0.25) is 5.56 Å². The zero-order chi connectivity index (χ0) is 13.0. The maximum atomic E-state index is 11.9. The second kappa shape index (κ2) is 5.67. The third kappa shape index (κ3) is 3.09. The van der Waals surface area contributed by atoms with Crippen molar-refractivity contribution in [3.8, 4) is 0 Å². The number of carbonyl (C=O) groups is 1. The average molecular weight is 246 g/mol. The summed E-state index contributed by atoms with van der Waals surface area (Å²) in [6.45, 7) is 1.98. The highest BCUT2D eigenvalue weighted by Gasteiger charge is 2.15. The van der Waals surface area contributed by atoms with Crippen LogP contribution < -0.4 is 10.9 Å². The number of amides is 1. The molecule has 1 aliphatic rings. The molecule has 0 spiro atoms. The zero-order valence-electron chi connectivity index (χ0n) is 10.5. The Morgan fingerprint density at radius 1 is 1.39 bits per heavy atom. The van der Waals surface area contributed by atoms with Gasteiger partial charge in [0.1, 0.15) is 5.69 Å². The fraction of sp³-hybridized carbons (Fsp3) is 0.429. The molecule has 0 fully saturated rings. The summed E-state index contributed by atoms with van der Waals surface area (Å²) in [7, 11) is 0. The first-order chi connectivity index (χ1) is 8.66. The smallest absolute Gasteiger partial charge is 0.268 e. The second-order valence-electron chi connectivity index (χ2n) is 4.65. The maximum absolute atomic E-state index is 11.9. The summed E-state index contributed by atoms with van der Waals surface area (Å²) < 4.78 is 0. The topological polar surface area (TPSA) is 62.0 Å². The number of nitrogens with one attached hydrogen (secondary N) is 2. The highest BCUT2D eigenvalue weighted by Crippen LogP contribution is 2.20. The molecule has 1 atom stereocenters. The molecular weight excluding hydrogens is 228 g/mol. The van der Waals surface area contributed by atoms with Crippen LogP contribution in [0.4, 0.5) is 0 Å². The number of aromatic amines is 1. The van der Waals surface area contributed by atoms with E-state index in [1.165, 1.54) is 24.5 Å². The maximum Gasteiger partial charge on any atom is 0.268 e. The van der Waals surface area contributed by atoms with E-state index in [0.717, 1.165) is 12.8 Å². The monoisotopic (exact) mass is 246 g/mol. The molecule has 4 heteroatoms. The van der Waals surface area contributed by atoms with Gasteiger partial charge >= 0.3 is 0 Å². The van der Waals surface area contributed by atoms with Crippen molar-refractivity contribution in [2.75, 3.05) is 0 Å². The van der Waals surface area contributed by atoms with E-state index in [1.54, 1.807) is 12.1 Å². The molecule has 96 valence electrons. The highest BCUT2D eigenvalue weighted by atomic mass is 16.2. The SMILES string of the molecule is CC(NC(=O)c1cccc(=O)[nH]1)C1=CCCCC1. The fourth-order valence-corrected chi connectivity index (χ4v) is 2.20. The van der Waals surface area contributed by atoms with Crippen LogP contribution in [0.5, 0.6) is 0 Å². The molecule has 1 aromatic heterocycles. The van der Waals surface area contributed by atoms with Crippen LogP contribution in [0.2, 0.25) is 0 Å². The van der Waals surface area contributed by atoms with Crippen molar-refractivity contribution in [2.45, 2.75) is 38.6 Å². The minimum absolute atomic E-state index is 0.0292. The van der Waals surface area contributed by atoms with Crippen LogP contribution in [0.3, 0.4) is 0 Å². The number of aromatic nitrogens is 1. The van der Waals surface area contributed by atoms with Crippen molar-refractivity contribution in [3.05, 3.63) is 45.9 Å². The van der Waals surface area contributed by atoms with Gasteiger partial charge < -0.3 is 10.3 Å². The number of allylic oxidation sites excluding steroid dienone is 1. The average Bonchev–Trinajstić information content (AvgIpc) is 2.39. The van der Waals surface area contributed by atoms with E-state index >= 15 is 0 Å². The van der Waals surface area contributed by atoms with E-state index in [1.807, 2.05) is 6.92 Å². The second-order valence-corrected chi connectivity index (χ2v) is 4.65. The Balaban J connectivity index is 2.03. The van der Waals surface area contributed by atoms with Gasteiger partial charge in [0.05, 0.1) is 0 Å². The van der Waals surface area contributed by atoms with E-state index in [-0.39, 0.29) is 17.5 Å². The van der Waals surface area contributed by atoms with Crippen molar-refractivity contribution in [1.82, 2.24) is 10.3 Å². The van der Waals surface area contributed by atoms with Crippen LogP contribution in [0.1, 0.15) is 43.1 Å². The number of hydrogen-bond acceptors (Lipinski definition) is 2. The van der Waals surface area contributed by atoms with Gasteiger partial charge in [0.15, 0.2) is 0 Å². The highest BCUT2D eigenvalue weighted by molar-refractivity contribution is 5.92. The Bertz CT molecular complexity index is 517. The van der Waals surface area contributed by atoms with E-state index in [2.05, 4.69) is 16.4 Å². The summed E-state index contributed by atoms with van der Waals surface area (Å²) >= 11 is 0. The van der Waals surface area contributed by atoms with Crippen molar-refractivity contribution < 1.29 is 4.79 Å². The molecule has 0 aliphatic heterocycles. The van der Waals surface area contributed by atoms with Crippen LogP contribution in [-0.2, 0) is 0 Å². The molecule has 0 saturated heterocycles. The Morgan fingerprint density at radius 3 is 2.89 bits per heavy atom. The van der Waals surface area contributed by atoms with Crippen molar-refractivity contribution in [3.63, 3.8) is 0 Å². The van der Waals surface area contributed by atoms with Gasteiger partial charge in [0, 0.05) is 12.1 Å². The molecule has 1 heterocycles. The Kier molecular flexibility index (Phi) is 3.97. The van der Waals surface area contributed by atoms with Gasteiger partial charge in [-0.15, -0.1) is 0 Å². The molecule has 0 bridgehead atoms. The normalized spacial score (nSPS) is 16.8. The Labute approximate surface area is 106 Å². The summed E-state index contributed by atoms with van der Waals surface area (Å²) in [4.78, 5) is 25.6. The summed E-state index contributed by atoms with van der Waals surface area (Å²) in [5.41, 5.74) is 1.34. The molecule has 1 aliphatic carbocycles. The number of carbonyl (C=O) groups excluding carboxylic acids is 1. The first-order valence-electron chi connectivity index (χ1n) is 6.36. The first-order valence-corrected chi connectivity index (χ1v) is 6.36. The predicted octanol–water partition coefficient (Wildman–Crippen LogP) is 1.99. The van der Waals surface area contributed by atoms with E-state index in [9.17, 15) is 9.59 Å². The van der Waals surface area contributed by atoms with Crippen LogP contribution in [0.25, 0.3) is 0 Å². The van der Waals surface area contributed by atoms with E-state index < -0.39 is 0 Å². The molecule has 1 unspecified atom stereocenters. The molecular formula is C14H18N2O2. The van der Waals surface area contributed by atoms with Gasteiger partial charge in [-0.05, 0) is 38.7 Å². The zero-order valence-corrected chi connectivity index (χ0v) is 10.5. The standard InChI is InChI=1S/C14H18N2O2/c1-10(11-6-3-2-4-7-11)15-14(18)12-8-5-9-13(17)16-12/h5-6,8-10H,2-4,7H2,1H3,(H,15,18)(H,16,17). The van der Waals surface area contributed by atoms with Crippen LogP contribution in [-0.4, -0.2) is 16.9 Å². The van der Waals surface area contributed by atoms with Crippen molar-refractivity contribution in [1.29, 1.82) is 0 Å². The number of rotatable bonds is 3. The van der Waals surface area contributed by atoms with Crippen LogP contribution in [0.15, 0.2) is 34.6 Å². The van der Waals surface area contributed by atoms with E-state index in [0.29, 0.717) is 5.69 Å². The summed E-state index contributed by atoms with van der Waals surface area (Å²) in [6, 6.07) is 4.61. The lowest BCUT2D eigenvalue weighted by molar-refractivity contribution is 0.0939. The van der Waals surface area contributed by atoms with Gasteiger partial charge in [0.25, 0.3) is 5.91 Å². The third-order valence-corrected chi connectivity index (χ3v) is 3.24. The molecule has 18 heavy (non-hydrogen) atoms. The quantitative estimate of drug-likeness (QED) is 0.801. The molecule has 0 radical (unpaired) electrons. The minimum atomic E-state index is -0.257. The minimum Gasteiger partial charge on any atom is -0.345 e. The lowest BCUT2D eigenvalue weighted by Gasteiger charge is -2.20. The molecule has 2 rings (SSSR count). The van der Waals surface area contributed by atoms with Gasteiger partial charge in [-0.2, -0.15) is 0 Å². The number of hydrogen-bond donors (Lipinski definition) is 2. The summed E-state index contributed by atoms with van der Waals surface area (Å²) in [6.07, 6.45) is 6.77. The van der Waals surface area contributed by atoms with Gasteiger partial charge in [-0.3, -0.25) is 9.59 Å². The number of H-pyrrole nitrogens is 1. The molecule has 0 saturated carbocycles. The van der Waals surface area contributed by atoms with E-state index in [4.69, 9.17) is 0 Å². The van der Waals surface area contributed by atoms with Gasteiger partial charge in [-0.25, -0.2) is 0 Å². The first kappa shape index (κ1) is 12.6. The molecule has 2 N–H and O–H groups in total. The lowest BCUT2D eigenvalue weighted by Crippen LogP contribution is -2.35. The summed E-state index contributed by atoms with van der Waals surface area (Å²) in [5.74, 6) is -0.230. The molecule has 1 amide bonds. The number of pyridine rings is 1. The summed E-state index contributed by atoms with van der Waals surface area (Å²) in [5, 5.41) is 2.92. The van der Waals surface area contributed by atoms with Crippen LogP contribution >= 0.6 is 0 Å². The van der Waals surface area contributed by atoms with Crippen molar-refractivity contribution in [2.24, 2.45) is 0 Å². The molecule has 4 nitrogen and oxygen atoms in total. The third-order valence-electron chi connectivity index (χ3n) is 3.24. The largest absolute Gasteiger partial charge is 0.345 e. The van der Waals surface area contributed by atoms with Gasteiger partial charge in [-0.1, -0.05) is 17.7 Å². The van der Waals surface area contributed by atoms with Crippen molar-refractivity contribution >= 4 is 5.91 Å². The molecule has 1 aromatic rings. The predicted molar refractivity (Wildman–Crippen MR) is 70.5 cm³/mol.